The molecule has 6 heteroatoms. The van der Waals surface area contributed by atoms with Crippen molar-refractivity contribution < 1.29 is 19.1 Å². The molecule has 0 aliphatic carbocycles. The molecule has 0 aromatic heterocycles. The first kappa shape index (κ1) is 22.2. The zero-order chi connectivity index (χ0) is 22.5. The minimum atomic E-state index is 0.0630. The van der Waals surface area contributed by atoms with E-state index in [4.69, 9.17) is 9.47 Å². The number of amides is 2. The predicted molar refractivity (Wildman–Crippen MR) is 123 cm³/mol. The highest BCUT2D eigenvalue weighted by Crippen LogP contribution is 2.24. The van der Waals surface area contributed by atoms with Crippen LogP contribution in [0.5, 0.6) is 11.5 Å². The van der Waals surface area contributed by atoms with Crippen LogP contribution in [0, 0.1) is 12.8 Å². The minimum absolute atomic E-state index is 0.0630. The molecule has 0 radical (unpaired) electrons. The number of nitrogens with zero attached hydrogens (tertiary/aromatic N) is 2. The lowest BCUT2D eigenvalue weighted by Gasteiger charge is -2.33. The molecule has 2 amide bonds. The Morgan fingerprint density at radius 2 is 1.72 bits per heavy atom. The number of hydrogen-bond acceptors (Lipinski definition) is 4. The zero-order valence-corrected chi connectivity index (χ0v) is 19.0. The summed E-state index contributed by atoms with van der Waals surface area (Å²) in [5.74, 6) is 1.88. The number of carbonyl (C=O) groups is 2. The summed E-state index contributed by atoms with van der Waals surface area (Å²) in [5.41, 5.74) is 2.33. The summed E-state index contributed by atoms with van der Waals surface area (Å²) in [6.07, 6.45) is 4.14. The lowest BCUT2D eigenvalue weighted by Crippen LogP contribution is -2.41. The normalized spacial score (nSPS) is 18.5. The van der Waals surface area contributed by atoms with Crippen LogP contribution >= 0.6 is 0 Å². The molecule has 0 N–H and O–H groups in total. The molecular formula is C26H32N2O4. The van der Waals surface area contributed by atoms with Gasteiger partial charge in [0.1, 0.15) is 11.5 Å². The third kappa shape index (κ3) is 5.06. The quantitative estimate of drug-likeness (QED) is 0.682. The van der Waals surface area contributed by atoms with E-state index >= 15 is 0 Å². The Morgan fingerprint density at radius 1 is 0.938 bits per heavy atom. The molecule has 32 heavy (non-hydrogen) atoms. The van der Waals surface area contributed by atoms with Gasteiger partial charge in [-0.1, -0.05) is 6.07 Å². The van der Waals surface area contributed by atoms with Gasteiger partial charge in [0, 0.05) is 43.2 Å². The molecule has 4 rings (SSSR count). The number of aryl methyl sites for hydroxylation is 1. The third-order valence-corrected chi connectivity index (χ3v) is 6.43. The highest BCUT2D eigenvalue weighted by molar-refractivity contribution is 5.96. The van der Waals surface area contributed by atoms with E-state index in [0.29, 0.717) is 24.5 Å². The second kappa shape index (κ2) is 10.1. The van der Waals surface area contributed by atoms with Gasteiger partial charge in [0.2, 0.25) is 0 Å². The molecule has 0 spiro atoms. The molecule has 170 valence electrons. The average Bonchev–Trinajstić information content (AvgIpc) is 3.37. The highest BCUT2D eigenvalue weighted by atomic mass is 16.5. The van der Waals surface area contributed by atoms with Crippen molar-refractivity contribution in [3.05, 3.63) is 59.2 Å². The molecule has 1 atom stereocenters. The Labute approximate surface area is 190 Å². The second-order valence-corrected chi connectivity index (χ2v) is 8.78. The van der Waals surface area contributed by atoms with Gasteiger partial charge in [-0.2, -0.15) is 0 Å². The van der Waals surface area contributed by atoms with Gasteiger partial charge in [-0.05, 0) is 74.6 Å². The van der Waals surface area contributed by atoms with Gasteiger partial charge in [0.25, 0.3) is 11.8 Å². The summed E-state index contributed by atoms with van der Waals surface area (Å²) < 4.78 is 11.3. The number of ether oxygens (including phenoxy) is 2. The molecule has 2 saturated heterocycles. The molecule has 6 nitrogen and oxygen atoms in total. The summed E-state index contributed by atoms with van der Waals surface area (Å²) in [6.45, 7) is 5.59. The highest BCUT2D eigenvalue weighted by Gasteiger charge is 2.26. The number of hydrogen-bond donors (Lipinski definition) is 0. The monoisotopic (exact) mass is 436 g/mol. The Bertz CT molecular complexity index is 968. The van der Waals surface area contributed by atoms with Crippen LogP contribution in [0.2, 0.25) is 0 Å². The molecule has 2 aromatic carbocycles. The predicted octanol–water partition coefficient (Wildman–Crippen LogP) is 4.17. The summed E-state index contributed by atoms with van der Waals surface area (Å²) in [6, 6.07) is 13.0. The first-order valence-corrected chi connectivity index (χ1v) is 11.5. The first-order valence-electron chi connectivity index (χ1n) is 11.5. The summed E-state index contributed by atoms with van der Waals surface area (Å²) in [7, 11) is 1.63. The van der Waals surface area contributed by atoms with E-state index in [2.05, 4.69) is 0 Å². The van der Waals surface area contributed by atoms with Gasteiger partial charge < -0.3 is 19.3 Å². The van der Waals surface area contributed by atoms with Gasteiger partial charge in [0.15, 0.2) is 0 Å². The van der Waals surface area contributed by atoms with Gasteiger partial charge in [-0.3, -0.25) is 9.59 Å². The van der Waals surface area contributed by atoms with Gasteiger partial charge in [-0.25, -0.2) is 0 Å². The van der Waals surface area contributed by atoms with E-state index < -0.39 is 0 Å². The fourth-order valence-corrected chi connectivity index (χ4v) is 4.59. The number of rotatable bonds is 6. The van der Waals surface area contributed by atoms with Crippen LogP contribution in [0.15, 0.2) is 42.5 Å². The number of likely N-dealkylation sites (tertiary alicyclic amines) is 2. The summed E-state index contributed by atoms with van der Waals surface area (Å²) in [4.78, 5) is 29.6. The number of carbonyl (C=O) groups excluding carboxylic acids is 2. The van der Waals surface area contributed by atoms with Crippen molar-refractivity contribution in [1.82, 2.24) is 9.80 Å². The maximum Gasteiger partial charge on any atom is 0.254 e. The zero-order valence-electron chi connectivity index (χ0n) is 19.0. The Balaban J connectivity index is 1.35. The standard InChI is InChI=1S/C26H32N2O4/c1-19-15-22(31-2)10-11-24(19)26(30)28-14-6-7-20(17-28)18-32-23-9-5-8-21(16-23)25(29)27-12-3-4-13-27/h5,8-11,15-16,20H,3-4,6-7,12-14,17-18H2,1-2H3/t20-/m0/s1. The lowest BCUT2D eigenvalue weighted by atomic mass is 9.97. The van der Waals surface area contributed by atoms with Crippen molar-refractivity contribution in [1.29, 1.82) is 0 Å². The fraction of sp³-hybridized carbons (Fsp3) is 0.462. The molecule has 0 unspecified atom stereocenters. The van der Waals surface area contributed by atoms with E-state index in [0.717, 1.165) is 62.2 Å². The first-order chi connectivity index (χ1) is 15.5. The van der Waals surface area contributed by atoms with E-state index in [1.54, 1.807) is 7.11 Å². The molecule has 0 saturated carbocycles. The van der Waals surface area contributed by atoms with Crippen LogP contribution < -0.4 is 9.47 Å². The number of piperidine rings is 1. The van der Waals surface area contributed by atoms with Gasteiger partial charge in [-0.15, -0.1) is 0 Å². The molecule has 2 aliphatic heterocycles. The van der Waals surface area contributed by atoms with Crippen molar-refractivity contribution in [2.75, 3.05) is 39.9 Å². The van der Waals surface area contributed by atoms with Crippen molar-refractivity contribution in [3.63, 3.8) is 0 Å². The Hall–Kier alpha value is -3.02. The number of benzene rings is 2. The SMILES string of the molecule is COc1ccc(C(=O)N2CCC[C@H](COc3cccc(C(=O)N4CCCC4)c3)C2)c(C)c1. The third-order valence-electron chi connectivity index (χ3n) is 6.43. The van der Waals surface area contributed by atoms with Crippen molar-refractivity contribution in [2.24, 2.45) is 5.92 Å². The minimum Gasteiger partial charge on any atom is -0.497 e. The Kier molecular flexibility index (Phi) is 6.98. The van der Waals surface area contributed by atoms with Crippen molar-refractivity contribution in [2.45, 2.75) is 32.6 Å². The largest absolute Gasteiger partial charge is 0.497 e. The molecule has 2 fully saturated rings. The summed E-state index contributed by atoms with van der Waals surface area (Å²) >= 11 is 0. The summed E-state index contributed by atoms with van der Waals surface area (Å²) in [5, 5.41) is 0. The second-order valence-electron chi connectivity index (χ2n) is 8.78. The van der Waals surface area contributed by atoms with Crippen LogP contribution in [-0.4, -0.2) is 61.5 Å². The van der Waals surface area contributed by atoms with Crippen LogP contribution in [0.1, 0.15) is 52.0 Å². The van der Waals surface area contributed by atoms with Crippen LogP contribution in [-0.2, 0) is 0 Å². The van der Waals surface area contributed by atoms with Crippen molar-refractivity contribution in [3.8, 4) is 11.5 Å². The number of methoxy groups -OCH3 is 1. The molecule has 2 aromatic rings. The molecule has 2 aliphatic rings. The average molecular weight is 437 g/mol. The molecular weight excluding hydrogens is 404 g/mol. The molecule has 0 bridgehead atoms. The van der Waals surface area contributed by atoms with Crippen LogP contribution in [0.3, 0.4) is 0 Å². The van der Waals surface area contributed by atoms with Crippen LogP contribution in [0.4, 0.5) is 0 Å². The van der Waals surface area contributed by atoms with E-state index in [1.807, 2.05) is 59.2 Å². The topological polar surface area (TPSA) is 59.1 Å². The van der Waals surface area contributed by atoms with E-state index in [1.165, 1.54) is 0 Å². The fourth-order valence-electron chi connectivity index (χ4n) is 4.59. The maximum absolute atomic E-state index is 13.1. The van der Waals surface area contributed by atoms with Gasteiger partial charge in [0.05, 0.1) is 13.7 Å². The lowest BCUT2D eigenvalue weighted by molar-refractivity contribution is 0.0631. The van der Waals surface area contributed by atoms with Gasteiger partial charge >= 0.3 is 0 Å². The smallest absolute Gasteiger partial charge is 0.254 e. The Morgan fingerprint density at radius 3 is 2.47 bits per heavy atom. The van der Waals surface area contributed by atoms with Crippen molar-refractivity contribution >= 4 is 11.8 Å². The van der Waals surface area contributed by atoms with E-state index in [9.17, 15) is 9.59 Å². The molecule has 2 heterocycles. The van der Waals surface area contributed by atoms with E-state index in [-0.39, 0.29) is 17.7 Å². The van der Waals surface area contributed by atoms with Crippen LogP contribution in [0.25, 0.3) is 0 Å². The maximum atomic E-state index is 13.1.